The van der Waals surface area contributed by atoms with Gasteiger partial charge in [-0.1, -0.05) is 22.6 Å². The van der Waals surface area contributed by atoms with E-state index >= 15 is 0 Å². The van der Waals surface area contributed by atoms with Gasteiger partial charge < -0.3 is 4.74 Å². The van der Waals surface area contributed by atoms with Gasteiger partial charge in [-0.3, -0.25) is 9.59 Å². The van der Waals surface area contributed by atoms with Crippen LogP contribution in [0, 0.1) is 0 Å². The van der Waals surface area contributed by atoms with Crippen molar-refractivity contribution in [3.05, 3.63) is 0 Å². The molecule has 0 radical (unpaired) electrons. The zero-order valence-corrected chi connectivity index (χ0v) is 11.6. The minimum Gasteiger partial charge on any atom is -0.466 e. The Morgan fingerprint density at radius 2 is 1.93 bits per heavy atom. The van der Waals surface area contributed by atoms with Crippen LogP contribution in [0.1, 0.15) is 33.1 Å². The van der Waals surface area contributed by atoms with E-state index in [-0.39, 0.29) is 11.1 Å². The van der Waals surface area contributed by atoms with E-state index in [4.69, 9.17) is 0 Å². The summed E-state index contributed by atoms with van der Waals surface area (Å²) in [7, 11) is 0. The van der Waals surface area contributed by atoms with Crippen LogP contribution in [0.4, 0.5) is 0 Å². The predicted octanol–water partition coefficient (Wildman–Crippen LogP) is 2.62. The maximum atomic E-state index is 10.2. The molecule has 0 spiro atoms. The van der Waals surface area contributed by atoms with Gasteiger partial charge in [0, 0.05) is 13.3 Å². The Bertz CT molecular complexity index is 162. The van der Waals surface area contributed by atoms with Crippen molar-refractivity contribution in [2.45, 2.75) is 33.1 Å². The monoisotopic (exact) mass is 332 g/mol. The lowest BCUT2D eigenvalue weighted by atomic mass is 10.3. The van der Waals surface area contributed by atoms with Crippen molar-refractivity contribution >= 4 is 46.3 Å². The van der Waals surface area contributed by atoms with E-state index in [1.165, 1.54) is 6.92 Å². The minimum atomic E-state index is -0.211. The van der Waals surface area contributed by atoms with Gasteiger partial charge in [-0.25, -0.2) is 0 Å². The van der Waals surface area contributed by atoms with E-state index in [0.29, 0.717) is 13.0 Å². The number of carbonyl (C=O) groups is 2. The van der Waals surface area contributed by atoms with Crippen molar-refractivity contribution in [3.63, 3.8) is 0 Å². The van der Waals surface area contributed by atoms with Crippen molar-refractivity contribution < 1.29 is 14.3 Å². The zero-order chi connectivity index (χ0) is 11.4. The highest BCUT2D eigenvalue weighted by molar-refractivity contribution is 14.1. The van der Waals surface area contributed by atoms with Crippen LogP contribution in [-0.2, 0) is 14.3 Å². The number of ether oxygens (including phenoxy) is 1. The number of carbonyl (C=O) groups excluding carboxylic acids is 2. The fourth-order valence-electron chi connectivity index (χ4n) is 0.574. The molecule has 0 N–H and O–H groups in total. The van der Waals surface area contributed by atoms with E-state index in [1.807, 2.05) is 0 Å². The highest BCUT2D eigenvalue weighted by atomic mass is 127. The van der Waals surface area contributed by atoms with E-state index < -0.39 is 0 Å². The summed E-state index contributed by atoms with van der Waals surface area (Å²) in [6.07, 6.45) is 2.75. The first kappa shape index (κ1) is 16.6. The molecule has 84 valence electrons. The summed E-state index contributed by atoms with van der Waals surface area (Å²) in [4.78, 5) is 20.0. The van der Waals surface area contributed by atoms with Gasteiger partial charge in [-0.2, -0.15) is 0 Å². The molecule has 0 heterocycles. The lowest BCUT2D eigenvalue weighted by Crippen LogP contribution is -1.95. The SMILES string of the molecule is CCOC(C)=O.O=C(S)CCCCI. The first-order valence-corrected chi connectivity index (χ1v) is 6.43. The molecule has 0 amide bonds. The summed E-state index contributed by atoms with van der Waals surface area (Å²) in [5.41, 5.74) is 0. The minimum absolute atomic E-state index is 0.00912. The standard InChI is InChI=1S/C5H9IOS.C4H8O2/c6-4-2-1-3-5(7)8;1-3-6-4(2)5/h1-4H2,(H,7,8);3H2,1-2H3. The Balaban J connectivity index is 0. The second-order valence-corrected chi connectivity index (χ2v) is 4.04. The van der Waals surface area contributed by atoms with Crippen LogP contribution in [0.15, 0.2) is 0 Å². The van der Waals surface area contributed by atoms with Crippen molar-refractivity contribution in [2.24, 2.45) is 0 Å². The van der Waals surface area contributed by atoms with Crippen LogP contribution < -0.4 is 0 Å². The summed E-state index contributed by atoms with van der Waals surface area (Å²) >= 11 is 5.93. The van der Waals surface area contributed by atoms with Gasteiger partial charge in [0.1, 0.15) is 0 Å². The number of hydrogen-bond donors (Lipinski definition) is 1. The summed E-state index contributed by atoms with van der Waals surface area (Å²) in [5, 5.41) is 0.00912. The maximum Gasteiger partial charge on any atom is 0.302 e. The van der Waals surface area contributed by atoms with Gasteiger partial charge in [0.15, 0.2) is 5.12 Å². The van der Waals surface area contributed by atoms with Gasteiger partial charge in [0.25, 0.3) is 0 Å². The number of esters is 1. The van der Waals surface area contributed by atoms with Crippen molar-refractivity contribution in [1.29, 1.82) is 0 Å². The van der Waals surface area contributed by atoms with Crippen LogP contribution in [0.3, 0.4) is 0 Å². The normalized spacial score (nSPS) is 8.57. The lowest BCUT2D eigenvalue weighted by molar-refractivity contribution is -0.140. The first-order valence-electron chi connectivity index (χ1n) is 4.45. The number of hydrogen-bond acceptors (Lipinski definition) is 3. The number of thiol groups is 1. The highest BCUT2D eigenvalue weighted by Crippen LogP contribution is 2.00. The Labute approximate surface area is 105 Å². The van der Waals surface area contributed by atoms with Crippen LogP contribution in [-0.4, -0.2) is 22.1 Å². The van der Waals surface area contributed by atoms with Gasteiger partial charge in [-0.15, -0.1) is 12.6 Å². The fourth-order valence-corrected chi connectivity index (χ4v) is 1.27. The molecule has 0 saturated heterocycles. The fraction of sp³-hybridized carbons (Fsp3) is 0.778. The molecule has 0 aromatic rings. The molecule has 0 saturated carbocycles. The van der Waals surface area contributed by atoms with Crippen LogP contribution in [0.25, 0.3) is 0 Å². The summed E-state index contributed by atoms with van der Waals surface area (Å²) in [6.45, 7) is 3.65. The quantitative estimate of drug-likeness (QED) is 0.277. The summed E-state index contributed by atoms with van der Waals surface area (Å²) < 4.78 is 5.54. The molecule has 0 atom stereocenters. The molecule has 14 heavy (non-hydrogen) atoms. The second kappa shape index (κ2) is 13.2. The third-order valence-corrected chi connectivity index (χ3v) is 2.11. The predicted molar refractivity (Wildman–Crippen MR) is 69.0 cm³/mol. The molecule has 0 aliphatic rings. The Morgan fingerprint density at radius 1 is 1.36 bits per heavy atom. The number of rotatable bonds is 5. The average Bonchev–Trinajstić information content (AvgIpc) is 2.05. The van der Waals surface area contributed by atoms with Crippen LogP contribution in [0.2, 0.25) is 0 Å². The molecule has 0 fully saturated rings. The Kier molecular flexibility index (Phi) is 15.7. The number of unbranched alkanes of at least 4 members (excludes halogenated alkanes) is 1. The summed E-state index contributed by atoms with van der Waals surface area (Å²) in [5.74, 6) is -0.211. The Hall–Kier alpha value is 0.220. The van der Waals surface area contributed by atoms with Gasteiger partial charge in [0.2, 0.25) is 0 Å². The molecule has 0 aliphatic heterocycles. The van der Waals surface area contributed by atoms with Crippen molar-refractivity contribution in [2.75, 3.05) is 11.0 Å². The Morgan fingerprint density at radius 3 is 2.14 bits per heavy atom. The third-order valence-electron chi connectivity index (χ3n) is 1.12. The molecule has 0 unspecified atom stereocenters. The number of halogens is 1. The highest BCUT2D eigenvalue weighted by Gasteiger charge is 1.91. The van der Waals surface area contributed by atoms with Crippen molar-refractivity contribution in [3.8, 4) is 0 Å². The molecule has 0 aliphatic carbocycles. The lowest BCUT2D eigenvalue weighted by Gasteiger charge is -1.89. The van der Waals surface area contributed by atoms with Gasteiger partial charge in [-0.05, 0) is 24.2 Å². The van der Waals surface area contributed by atoms with E-state index in [2.05, 4.69) is 40.0 Å². The summed E-state index contributed by atoms with van der Waals surface area (Å²) in [6, 6.07) is 0. The van der Waals surface area contributed by atoms with Crippen LogP contribution >= 0.6 is 35.2 Å². The molecule has 0 bridgehead atoms. The van der Waals surface area contributed by atoms with Crippen molar-refractivity contribution in [1.82, 2.24) is 0 Å². The van der Waals surface area contributed by atoms with E-state index in [9.17, 15) is 9.59 Å². The van der Waals surface area contributed by atoms with E-state index in [0.717, 1.165) is 17.3 Å². The smallest absolute Gasteiger partial charge is 0.302 e. The van der Waals surface area contributed by atoms with Gasteiger partial charge in [0.05, 0.1) is 6.61 Å². The molecule has 0 aromatic heterocycles. The molecular weight excluding hydrogens is 315 g/mol. The largest absolute Gasteiger partial charge is 0.466 e. The third kappa shape index (κ3) is 22.8. The topological polar surface area (TPSA) is 43.4 Å². The molecule has 3 nitrogen and oxygen atoms in total. The second-order valence-electron chi connectivity index (χ2n) is 2.46. The van der Waals surface area contributed by atoms with Crippen LogP contribution in [0.5, 0.6) is 0 Å². The molecule has 0 rings (SSSR count). The number of alkyl halides is 1. The van der Waals surface area contributed by atoms with Gasteiger partial charge >= 0.3 is 5.97 Å². The maximum absolute atomic E-state index is 10.2. The zero-order valence-electron chi connectivity index (χ0n) is 8.59. The average molecular weight is 332 g/mol. The molecule has 5 heteroatoms. The first-order chi connectivity index (χ1) is 6.54. The van der Waals surface area contributed by atoms with E-state index in [1.54, 1.807) is 6.92 Å². The molecular formula is C9H17IO3S. The molecule has 0 aromatic carbocycles.